The molecular weight excluding hydrogens is 396 g/mol. The van der Waals surface area contributed by atoms with Gasteiger partial charge < -0.3 is 25.1 Å². The van der Waals surface area contributed by atoms with E-state index in [0.717, 1.165) is 25.7 Å². The number of halogens is 1. The van der Waals surface area contributed by atoms with Crippen LogP contribution in [-0.4, -0.2) is 65.8 Å². The molecule has 0 spiro atoms. The van der Waals surface area contributed by atoms with Gasteiger partial charge in [-0.1, -0.05) is 12.8 Å². The fraction of sp³-hybridized carbons (Fsp3) is 0.667. The van der Waals surface area contributed by atoms with E-state index in [1.807, 2.05) is 0 Å². The monoisotopic (exact) mass is 414 g/mol. The summed E-state index contributed by atoms with van der Waals surface area (Å²) in [5.41, 5.74) is 0.763. The van der Waals surface area contributed by atoms with Crippen molar-refractivity contribution in [1.82, 2.24) is 19.5 Å². The molecule has 4 atom stereocenters. The van der Waals surface area contributed by atoms with Gasteiger partial charge in [0.25, 0.3) is 5.09 Å². The van der Waals surface area contributed by atoms with Gasteiger partial charge in [0, 0.05) is 6.04 Å². The Kier molecular flexibility index (Phi) is 5.19. The first-order valence-corrected chi connectivity index (χ1v) is 9.27. The van der Waals surface area contributed by atoms with Crippen LogP contribution in [0.4, 0.5) is 5.82 Å². The smallest absolute Gasteiger partial charge is 0.294 e. The molecular formula is C15H19ClN6O6. The molecule has 4 rings (SSSR count). The van der Waals surface area contributed by atoms with Crippen molar-refractivity contribution >= 4 is 28.6 Å². The van der Waals surface area contributed by atoms with E-state index in [9.17, 15) is 20.3 Å². The van der Waals surface area contributed by atoms with Crippen molar-refractivity contribution in [3.8, 4) is 0 Å². The lowest BCUT2D eigenvalue weighted by Gasteiger charge is -2.17. The minimum absolute atomic E-state index is 0.00369. The number of anilines is 1. The van der Waals surface area contributed by atoms with Crippen LogP contribution in [0.5, 0.6) is 0 Å². The van der Waals surface area contributed by atoms with Crippen molar-refractivity contribution in [1.29, 1.82) is 0 Å². The predicted molar refractivity (Wildman–Crippen MR) is 95.1 cm³/mol. The number of nitrogens with one attached hydrogen (secondary N) is 1. The molecule has 2 aromatic heterocycles. The highest BCUT2D eigenvalue weighted by Gasteiger charge is 2.45. The Morgan fingerprint density at radius 2 is 2.11 bits per heavy atom. The Labute approximate surface area is 163 Å². The highest BCUT2D eigenvalue weighted by atomic mass is 35.5. The first-order valence-electron chi connectivity index (χ1n) is 8.89. The average Bonchev–Trinajstić information content (AvgIpc) is 3.35. The molecule has 0 bridgehead atoms. The molecule has 1 aliphatic heterocycles. The van der Waals surface area contributed by atoms with Crippen LogP contribution in [0.15, 0.2) is 6.33 Å². The van der Waals surface area contributed by atoms with Crippen molar-refractivity contribution < 1.29 is 24.9 Å². The van der Waals surface area contributed by atoms with Crippen LogP contribution in [0.25, 0.3) is 11.2 Å². The van der Waals surface area contributed by atoms with Crippen LogP contribution < -0.4 is 5.32 Å². The molecule has 1 saturated carbocycles. The van der Waals surface area contributed by atoms with E-state index < -0.39 is 36.2 Å². The molecule has 2 fully saturated rings. The van der Waals surface area contributed by atoms with Gasteiger partial charge in [0.1, 0.15) is 24.9 Å². The van der Waals surface area contributed by atoms with E-state index in [1.165, 1.54) is 10.9 Å². The lowest BCUT2D eigenvalue weighted by atomic mass is 10.1. The molecule has 1 saturated heterocycles. The zero-order chi connectivity index (χ0) is 19.8. The fourth-order valence-corrected chi connectivity index (χ4v) is 3.84. The van der Waals surface area contributed by atoms with E-state index in [1.54, 1.807) is 0 Å². The molecule has 2 aliphatic rings. The first-order chi connectivity index (χ1) is 13.4. The molecule has 1 aliphatic carbocycles. The molecule has 12 nitrogen and oxygen atoms in total. The Hall–Kier alpha value is -2.28. The number of aromatic nitrogens is 4. The summed E-state index contributed by atoms with van der Waals surface area (Å²) in [5, 5.41) is 33.2. The molecule has 0 radical (unpaired) electrons. The summed E-state index contributed by atoms with van der Waals surface area (Å²) in [6.45, 7) is -0.515. The standard InChI is InChI=1S/C15H19ClN6O6/c16-15-19-12(18-7-3-1-2-4-7)9-13(20-15)21(6-17-9)14-11(24)10(23)8(28-14)5-27-22(25)26/h6-8,10-11,14,23-24H,1-5H2,(H,18,19,20)/t8-,10-,11-,14-/m1/s1. The van der Waals surface area contributed by atoms with Gasteiger partial charge in [-0.05, 0) is 24.4 Å². The number of hydrogen-bond donors (Lipinski definition) is 3. The molecule has 3 N–H and O–H groups in total. The summed E-state index contributed by atoms with van der Waals surface area (Å²) in [7, 11) is 0. The zero-order valence-corrected chi connectivity index (χ0v) is 15.4. The summed E-state index contributed by atoms with van der Waals surface area (Å²) >= 11 is 6.07. The lowest BCUT2D eigenvalue weighted by molar-refractivity contribution is -0.759. The predicted octanol–water partition coefficient (Wildman–Crippen LogP) is 0.662. The average molecular weight is 415 g/mol. The third-order valence-electron chi connectivity index (χ3n) is 5.05. The van der Waals surface area contributed by atoms with Crippen molar-refractivity contribution in [3.05, 3.63) is 21.7 Å². The van der Waals surface area contributed by atoms with E-state index in [0.29, 0.717) is 17.0 Å². The highest BCUT2D eigenvalue weighted by molar-refractivity contribution is 6.28. The van der Waals surface area contributed by atoms with Crippen LogP contribution in [0, 0.1) is 10.1 Å². The molecule has 0 aromatic carbocycles. The van der Waals surface area contributed by atoms with Crippen LogP contribution >= 0.6 is 11.6 Å². The van der Waals surface area contributed by atoms with Crippen LogP contribution in [-0.2, 0) is 9.57 Å². The molecule has 0 amide bonds. The number of hydrogen-bond acceptors (Lipinski definition) is 10. The van der Waals surface area contributed by atoms with Gasteiger partial charge in [-0.15, -0.1) is 10.1 Å². The van der Waals surface area contributed by atoms with Gasteiger partial charge in [0.15, 0.2) is 23.2 Å². The topological polar surface area (TPSA) is 158 Å². The minimum atomic E-state index is -1.38. The lowest BCUT2D eigenvalue weighted by Crippen LogP contribution is -2.34. The van der Waals surface area contributed by atoms with Crippen LogP contribution in [0.2, 0.25) is 5.28 Å². The maximum atomic E-state index is 10.4. The Bertz CT molecular complexity index is 874. The third kappa shape index (κ3) is 3.55. The molecule has 152 valence electrons. The van der Waals surface area contributed by atoms with Gasteiger partial charge >= 0.3 is 0 Å². The van der Waals surface area contributed by atoms with Crippen molar-refractivity contribution in [3.63, 3.8) is 0 Å². The maximum absolute atomic E-state index is 10.4. The second-order valence-electron chi connectivity index (χ2n) is 6.86. The Morgan fingerprint density at radius 1 is 1.36 bits per heavy atom. The van der Waals surface area contributed by atoms with Crippen molar-refractivity contribution in [2.75, 3.05) is 11.9 Å². The summed E-state index contributed by atoms with van der Waals surface area (Å²) < 4.78 is 6.99. The maximum Gasteiger partial charge on any atom is 0.294 e. The summed E-state index contributed by atoms with van der Waals surface area (Å²) in [4.78, 5) is 27.3. The van der Waals surface area contributed by atoms with Gasteiger partial charge in [0.05, 0.1) is 6.33 Å². The number of nitrogens with zero attached hydrogens (tertiary/aromatic N) is 5. The Balaban J connectivity index is 1.62. The molecule has 3 heterocycles. The van der Waals surface area contributed by atoms with Crippen molar-refractivity contribution in [2.24, 2.45) is 0 Å². The number of imidazole rings is 1. The highest BCUT2D eigenvalue weighted by Crippen LogP contribution is 2.33. The van der Waals surface area contributed by atoms with Crippen LogP contribution in [0.1, 0.15) is 31.9 Å². The number of rotatable bonds is 6. The second kappa shape index (κ2) is 7.62. The molecule has 2 aromatic rings. The number of aliphatic hydroxyl groups is 2. The largest absolute Gasteiger partial charge is 0.387 e. The minimum Gasteiger partial charge on any atom is -0.387 e. The van der Waals surface area contributed by atoms with Crippen molar-refractivity contribution in [2.45, 2.75) is 56.3 Å². The zero-order valence-electron chi connectivity index (χ0n) is 14.6. The second-order valence-corrected chi connectivity index (χ2v) is 7.19. The molecule has 0 unspecified atom stereocenters. The molecule has 28 heavy (non-hydrogen) atoms. The number of ether oxygens (including phenoxy) is 1. The number of fused-ring (bicyclic) bond motifs is 1. The van der Waals surface area contributed by atoms with E-state index in [4.69, 9.17) is 16.3 Å². The van der Waals surface area contributed by atoms with Gasteiger partial charge in [0.2, 0.25) is 5.28 Å². The first kappa shape index (κ1) is 19.1. The van der Waals surface area contributed by atoms with Crippen LogP contribution in [0.3, 0.4) is 0 Å². The van der Waals surface area contributed by atoms with Gasteiger partial charge in [-0.3, -0.25) is 4.57 Å². The summed E-state index contributed by atoms with van der Waals surface area (Å²) in [6, 6.07) is 0.276. The molecule has 13 heteroatoms. The van der Waals surface area contributed by atoms with Gasteiger partial charge in [-0.25, -0.2) is 4.98 Å². The van der Waals surface area contributed by atoms with E-state index in [2.05, 4.69) is 25.1 Å². The summed E-state index contributed by atoms with van der Waals surface area (Å²) in [6.07, 6.45) is 0.836. The summed E-state index contributed by atoms with van der Waals surface area (Å²) in [5.74, 6) is 0.488. The third-order valence-corrected chi connectivity index (χ3v) is 5.21. The van der Waals surface area contributed by atoms with E-state index in [-0.39, 0.29) is 11.3 Å². The quantitative estimate of drug-likeness (QED) is 0.348. The van der Waals surface area contributed by atoms with E-state index >= 15 is 0 Å². The fourth-order valence-electron chi connectivity index (χ4n) is 3.67. The SMILES string of the molecule is O=[N+]([O-])OC[C@H]1O[C@@H](n2cnc3c(NC4CCCC4)nc(Cl)nc32)[C@H](O)[C@@H]1O. The Morgan fingerprint density at radius 3 is 2.82 bits per heavy atom. The van der Waals surface area contributed by atoms with Gasteiger partial charge in [-0.2, -0.15) is 9.97 Å². The normalized spacial score (nSPS) is 28.1. The number of aliphatic hydroxyl groups excluding tert-OH is 2.